The summed E-state index contributed by atoms with van der Waals surface area (Å²) in [6.07, 6.45) is 13.9. The molecule has 0 radical (unpaired) electrons. The van der Waals surface area contributed by atoms with Crippen molar-refractivity contribution < 1.29 is 14.3 Å². The maximum atomic E-state index is 12.0. The zero-order chi connectivity index (χ0) is 21.1. The van der Waals surface area contributed by atoms with Crippen molar-refractivity contribution in [3.8, 4) is 0 Å². The number of aromatic nitrogens is 3. The fourth-order valence-electron chi connectivity index (χ4n) is 7.45. The Balaban J connectivity index is 1.46. The van der Waals surface area contributed by atoms with Gasteiger partial charge in [0.05, 0.1) is 18.1 Å². The van der Waals surface area contributed by atoms with E-state index in [1.165, 1.54) is 12.5 Å². The van der Waals surface area contributed by atoms with Crippen molar-refractivity contribution >= 4 is 18.0 Å². The molecule has 6 nitrogen and oxygen atoms in total. The average Bonchev–Trinajstić information content (AvgIpc) is 3.32. The third-order valence-corrected chi connectivity index (χ3v) is 8.83. The molecule has 1 aromatic heterocycles. The van der Waals surface area contributed by atoms with Crippen molar-refractivity contribution in [1.29, 1.82) is 0 Å². The Kier molecular flexibility index (Phi) is 4.53. The summed E-state index contributed by atoms with van der Waals surface area (Å²) >= 11 is 0. The molecule has 6 heteroatoms. The van der Waals surface area contributed by atoms with Crippen LogP contribution in [-0.2, 0) is 14.3 Å². The molecule has 1 heterocycles. The first-order valence-corrected chi connectivity index (χ1v) is 11.3. The fourth-order valence-corrected chi connectivity index (χ4v) is 7.45. The lowest BCUT2D eigenvalue weighted by molar-refractivity contribution is -0.148. The van der Waals surface area contributed by atoms with Gasteiger partial charge < -0.3 is 4.74 Å². The Hall–Kier alpha value is -2.24. The van der Waals surface area contributed by atoms with E-state index in [1.807, 2.05) is 0 Å². The van der Waals surface area contributed by atoms with E-state index >= 15 is 0 Å². The maximum absolute atomic E-state index is 12.0. The summed E-state index contributed by atoms with van der Waals surface area (Å²) in [4.78, 5) is 25.1. The monoisotopic (exact) mass is 409 g/mol. The van der Waals surface area contributed by atoms with Crippen LogP contribution in [0.4, 0.5) is 0 Å². The third kappa shape index (κ3) is 2.75. The second-order valence-electron chi connectivity index (χ2n) is 10.2. The van der Waals surface area contributed by atoms with Gasteiger partial charge in [-0.2, -0.15) is 15.0 Å². The van der Waals surface area contributed by atoms with E-state index in [9.17, 15) is 9.59 Å². The number of carbonyl (C=O) groups is 2. The highest BCUT2D eigenvalue weighted by Crippen LogP contribution is 2.66. The summed E-state index contributed by atoms with van der Waals surface area (Å²) in [5, 5.41) is 8.77. The molecular formula is C24H31N3O3. The van der Waals surface area contributed by atoms with Crippen LogP contribution in [0.1, 0.15) is 65.7 Å². The summed E-state index contributed by atoms with van der Waals surface area (Å²) in [5.41, 5.74) is 3.49. The van der Waals surface area contributed by atoms with Gasteiger partial charge in [0.25, 0.3) is 0 Å². The Bertz CT molecular complexity index is 934. The molecule has 6 atom stereocenters. The van der Waals surface area contributed by atoms with Crippen LogP contribution in [0.15, 0.2) is 29.6 Å². The number of ether oxygens (including phenoxy) is 1. The van der Waals surface area contributed by atoms with E-state index in [2.05, 4.69) is 30.1 Å². The number of rotatable bonds is 3. The van der Waals surface area contributed by atoms with Crippen molar-refractivity contribution in [1.82, 2.24) is 15.0 Å². The predicted molar refractivity (Wildman–Crippen MR) is 112 cm³/mol. The molecule has 0 amide bonds. The maximum Gasteiger partial charge on any atom is 0.302 e. The predicted octanol–water partition coefficient (Wildman–Crippen LogP) is 4.19. The topological polar surface area (TPSA) is 74.1 Å². The summed E-state index contributed by atoms with van der Waals surface area (Å²) in [6, 6.07) is 0. The zero-order valence-electron chi connectivity index (χ0n) is 18.1. The van der Waals surface area contributed by atoms with Crippen LogP contribution < -0.4 is 0 Å². The molecular weight excluding hydrogens is 378 g/mol. The first kappa shape index (κ1) is 19.7. The van der Waals surface area contributed by atoms with Gasteiger partial charge in [-0.15, -0.1) is 0 Å². The van der Waals surface area contributed by atoms with Crippen LogP contribution in [0, 0.1) is 28.6 Å². The van der Waals surface area contributed by atoms with Crippen LogP contribution in [0.2, 0.25) is 0 Å². The van der Waals surface area contributed by atoms with Gasteiger partial charge in [-0.05, 0) is 61.7 Å². The number of hydrogen-bond acceptors (Lipinski definition) is 5. The number of nitrogens with zero attached hydrogens (tertiary/aromatic N) is 3. The van der Waals surface area contributed by atoms with E-state index in [1.54, 1.807) is 17.2 Å². The van der Waals surface area contributed by atoms with E-state index in [4.69, 9.17) is 4.74 Å². The molecule has 2 fully saturated rings. The minimum Gasteiger partial charge on any atom is -0.462 e. The lowest BCUT2D eigenvalue weighted by Gasteiger charge is -2.57. The highest BCUT2D eigenvalue weighted by Gasteiger charge is 2.59. The molecule has 0 spiro atoms. The molecule has 2 saturated carbocycles. The largest absolute Gasteiger partial charge is 0.462 e. The van der Waals surface area contributed by atoms with Gasteiger partial charge in [-0.25, -0.2) is 0 Å². The smallest absolute Gasteiger partial charge is 0.302 e. The van der Waals surface area contributed by atoms with Crippen LogP contribution in [0.5, 0.6) is 0 Å². The Morgan fingerprint density at radius 1 is 1.13 bits per heavy atom. The lowest BCUT2D eigenvalue weighted by atomic mass is 9.48. The van der Waals surface area contributed by atoms with Crippen LogP contribution in [0.25, 0.3) is 5.70 Å². The Morgan fingerprint density at radius 3 is 2.57 bits per heavy atom. The van der Waals surface area contributed by atoms with Gasteiger partial charge in [0.2, 0.25) is 0 Å². The van der Waals surface area contributed by atoms with Crippen LogP contribution >= 0.6 is 0 Å². The van der Waals surface area contributed by atoms with Crippen molar-refractivity contribution in [2.75, 3.05) is 0 Å². The summed E-state index contributed by atoms with van der Waals surface area (Å²) in [6.45, 7) is 6.26. The van der Waals surface area contributed by atoms with Crippen molar-refractivity contribution in [2.24, 2.45) is 28.6 Å². The SMILES string of the molecule is CC(=O)O[C@H]1CC[C@@]2(C)C(=CC[C@@H]3[C@@H]2CC[C@]2(C)C(n4nccn4)=C(C=O)C[C@@H]32)C1. The fraction of sp³-hybridized carbons (Fsp3) is 0.667. The summed E-state index contributed by atoms with van der Waals surface area (Å²) in [5.74, 6) is 1.44. The van der Waals surface area contributed by atoms with E-state index in [-0.39, 0.29) is 22.9 Å². The molecule has 5 rings (SSSR count). The molecule has 0 bridgehead atoms. The molecule has 160 valence electrons. The van der Waals surface area contributed by atoms with Crippen molar-refractivity contribution in [2.45, 2.75) is 71.8 Å². The van der Waals surface area contributed by atoms with Gasteiger partial charge in [-0.1, -0.05) is 25.5 Å². The molecule has 30 heavy (non-hydrogen) atoms. The number of allylic oxidation sites excluding steroid dienone is 3. The number of carbonyl (C=O) groups excluding carboxylic acids is 2. The highest BCUT2D eigenvalue weighted by atomic mass is 16.5. The first-order chi connectivity index (χ1) is 14.4. The van der Waals surface area contributed by atoms with Gasteiger partial charge in [0.15, 0.2) is 0 Å². The Morgan fingerprint density at radius 2 is 1.87 bits per heavy atom. The zero-order valence-corrected chi connectivity index (χ0v) is 18.1. The first-order valence-electron chi connectivity index (χ1n) is 11.3. The normalized spacial score (nSPS) is 40.2. The third-order valence-electron chi connectivity index (χ3n) is 8.83. The van der Waals surface area contributed by atoms with Crippen LogP contribution in [-0.4, -0.2) is 33.4 Å². The number of aldehydes is 1. The molecule has 0 N–H and O–H groups in total. The number of hydrogen-bond donors (Lipinski definition) is 0. The molecule has 0 unspecified atom stereocenters. The standard InChI is InChI=1S/C24H31N3O3/c1-15(29)30-18-6-8-23(2)17(13-18)4-5-19-20(23)7-9-24(3)21(19)12-16(14-28)22(24)27-25-10-11-26-27/h4,10-11,14,18-21H,5-9,12-13H2,1-3H3/t18-,19+,20-,21-,23-,24-/m0/s1. The number of fused-ring (bicyclic) bond motifs is 5. The van der Waals surface area contributed by atoms with Crippen molar-refractivity contribution in [3.05, 3.63) is 29.6 Å². The molecule has 0 aromatic carbocycles. The molecule has 0 aliphatic heterocycles. The molecule has 4 aliphatic rings. The molecule has 0 saturated heterocycles. The van der Waals surface area contributed by atoms with Gasteiger partial charge in [-0.3, -0.25) is 9.59 Å². The number of esters is 1. The van der Waals surface area contributed by atoms with Gasteiger partial charge >= 0.3 is 5.97 Å². The van der Waals surface area contributed by atoms with E-state index in [0.29, 0.717) is 17.8 Å². The lowest BCUT2D eigenvalue weighted by Crippen LogP contribution is -2.50. The average molecular weight is 410 g/mol. The molecule has 1 aromatic rings. The summed E-state index contributed by atoms with van der Waals surface area (Å²) in [7, 11) is 0. The Labute approximate surface area is 177 Å². The van der Waals surface area contributed by atoms with Crippen molar-refractivity contribution in [3.63, 3.8) is 0 Å². The van der Waals surface area contributed by atoms with Gasteiger partial charge in [0.1, 0.15) is 12.4 Å². The highest BCUT2D eigenvalue weighted by molar-refractivity contribution is 5.86. The second kappa shape index (κ2) is 6.89. The van der Waals surface area contributed by atoms with Gasteiger partial charge in [0, 0.05) is 24.3 Å². The molecule has 4 aliphatic carbocycles. The quantitative estimate of drug-likeness (QED) is 0.425. The van der Waals surface area contributed by atoms with Crippen LogP contribution in [0.3, 0.4) is 0 Å². The van der Waals surface area contributed by atoms with E-state index in [0.717, 1.165) is 62.5 Å². The summed E-state index contributed by atoms with van der Waals surface area (Å²) < 4.78 is 5.55. The minimum absolute atomic E-state index is 0.0273. The van der Waals surface area contributed by atoms with E-state index < -0.39 is 0 Å². The minimum atomic E-state index is -0.176. The second-order valence-corrected chi connectivity index (χ2v) is 10.2.